The number of hydrogen-bond acceptors (Lipinski definition) is 7. The summed E-state index contributed by atoms with van der Waals surface area (Å²) in [6.45, 7) is 0. The molecule has 3 aromatic rings. The fourth-order valence-corrected chi connectivity index (χ4v) is 6.13. The molecule has 1 aliphatic rings. The molecule has 138 valence electrons. The van der Waals surface area contributed by atoms with Crippen molar-refractivity contribution in [3.05, 3.63) is 50.9 Å². The smallest absolute Gasteiger partial charge is 0.240 e. The lowest BCUT2D eigenvalue weighted by atomic mass is 10.2. The summed E-state index contributed by atoms with van der Waals surface area (Å²) in [6.07, 6.45) is 0. The summed E-state index contributed by atoms with van der Waals surface area (Å²) in [5, 5.41) is 29.3. The standard InChI is InChI=1S/C17H11Br2N3O3S2/c18-8-5-10(14(25)11(19)6-8)16-22(13(24)7-26-16)17-21-20-15(27-17)9-3-1-2-4-12(9)23/h1-6,16,23,25H,7H2. The highest BCUT2D eigenvalue weighted by atomic mass is 79.9. The maximum absolute atomic E-state index is 12.5. The third kappa shape index (κ3) is 3.46. The van der Waals surface area contributed by atoms with Crippen LogP contribution < -0.4 is 4.90 Å². The Morgan fingerprint density at radius 2 is 1.93 bits per heavy atom. The van der Waals surface area contributed by atoms with Gasteiger partial charge in [-0.2, -0.15) is 0 Å². The summed E-state index contributed by atoms with van der Waals surface area (Å²) >= 11 is 9.38. The molecule has 10 heteroatoms. The van der Waals surface area contributed by atoms with Crippen LogP contribution in [-0.2, 0) is 4.79 Å². The zero-order chi connectivity index (χ0) is 19.1. The number of nitrogens with zero attached hydrogens (tertiary/aromatic N) is 3. The lowest BCUT2D eigenvalue weighted by Crippen LogP contribution is -2.27. The van der Waals surface area contributed by atoms with E-state index in [9.17, 15) is 15.0 Å². The Morgan fingerprint density at radius 3 is 2.70 bits per heavy atom. The van der Waals surface area contributed by atoms with Crippen LogP contribution in [0.25, 0.3) is 10.6 Å². The molecule has 1 aromatic heterocycles. The lowest BCUT2D eigenvalue weighted by molar-refractivity contribution is -0.115. The van der Waals surface area contributed by atoms with Crippen LogP contribution in [0, 0.1) is 0 Å². The van der Waals surface area contributed by atoms with Gasteiger partial charge in [0.25, 0.3) is 0 Å². The maximum Gasteiger partial charge on any atom is 0.240 e. The number of thioether (sulfide) groups is 1. The summed E-state index contributed by atoms with van der Waals surface area (Å²) < 4.78 is 1.33. The molecule has 0 aliphatic carbocycles. The van der Waals surface area contributed by atoms with Gasteiger partial charge in [-0.05, 0) is 40.2 Å². The van der Waals surface area contributed by atoms with E-state index in [0.717, 1.165) is 4.47 Å². The third-order valence-corrected chi connectivity index (χ3v) is 7.16. The summed E-state index contributed by atoms with van der Waals surface area (Å²) in [5.74, 6) is 0.355. The molecular formula is C17H11Br2N3O3S2. The molecule has 2 heterocycles. The van der Waals surface area contributed by atoms with E-state index >= 15 is 0 Å². The number of carbonyl (C=O) groups excluding carboxylic acids is 1. The Labute approximate surface area is 179 Å². The van der Waals surface area contributed by atoms with Crippen molar-refractivity contribution in [1.29, 1.82) is 0 Å². The molecule has 1 aliphatic heterocycles. The fraction of sp³-hybridized carbons (Fsp3) is 0.118. The van der Waals surface area contributed by atoms with Crippen LogP contribution in [0.2, 0.25) is 0 Å². The van der Waals surface area contributed by atoms with E-state index in [0.29, 0.717) is 25.7 Å². The molecule has 4 rings (SSSR count). The fourth-order valence-electron chi connectivity index (χ4n) is 2.71. The van der Waals surface area contributed by atoms with Crippen molar-refractivity contribution in [2.45, 2.75) is 5.37 Å². The van der Waals surface area contributed by atoms with Crippen LogP contribution >= 0.6 is 55.0 Å². The number of hydrogen-bond donors (Lipinski definition) is 2. The van der Waals surface area contributed by atoms with Gasteiger partial charge in [0.05, 0.1) is 15.8 Å². The van der Waals surface area contributed by atoms with Crippen molar-refractivity contribution < 1.29 is 15.0 Å². The van der Waals surface area contributed by atoms with Gasteiger partial charge in [0.15, 0.2) is 5.01 Å². The molecule has 27 heavy (non-hydrogen) atoms. The molecule has 2 aromatic carbocycles. The molecule has 1 unspecified atom stereocenters. The minimum Gasteiger partial charge on any atom is -0.507 e. The molecule has 1 atom stereocenters. The van der Waals surface area contributed by atoms with Crippen molar-refractivity contribution in [2.24, 2.45) is 0 Å². The van der Waals surface area contributed by atoms with Gasteiger partial charge in [-0.15, -0.1) is 22.0 Å². The molecular weight excluding hydrogens is 518 g/mol. The predicted octanol–water partition coefficient (Wildman–Crippen LogP) is 4.92. The van der Waals surface area contributed by atoms with Crippen molar-refractivity contribution >= 4 is 66.0 Å². The van der Waals surface area contributed by atoms with E-state index in [1.807, 2.05) is 0 Å². The van der Waals surface area contributed by atoms with E-state index in [1.165, 1.54) is 23.1 Å². The van der Waals surface area contributed by atoms with Gasteiger partial charge in [0.2, 0.25) is 11.0 Å². The van der Waals surface area contributed by atoms with Gasteiger partial charge in [-0.25, -0.2) is 0 Å². The lowest BCUT2D eigenvalue weighted by Gasteiger charge is -2.22. The van der Waals surface area contributed by atoms with Gasteiger partial charge < -0.3 is 10.2 Å². The minimum atomic E-state index is -0.420. The number of aromatic nitrogens is 2. The van der Waals surface area contributed by atoms with Gasteiger partial charge in [-0.3, -0.25) is 9.69 Å². The highest BCUT2D eigenvalue weighted by molar-refractivity contribution is 9.11. The van der Waals surface area contributed by atoms with Crippen molar-refractivity contribution in [1.82, 2.24) is 10.2 Å². The Bertz CT molecular complexity index is 1040. The van der Waals surface area contributed by atoms with Gasteiger partial charge in [0.1, 0.15) is 16.9 Å². The van der Waals surface area contributed by atoms with Crippen LogP contribution in [0.1, 0.15) is 10.9 Å². The topological polar surface area (TPSA) is 86.5 Å². The van der Waals surface area contributed by atoms with E-state index < -0.39 is 5.37 Å². The SMILES string of the molecule is O=C1CSC(c2cc(Br)cc(Br)c2O)N1c1nnc(-c2ccccc2O)s1. The molecule has 1 saturated heterocycles. The molecule has 1 amide bonds. The van der Waals surface area contributed by atoms with Crippen LogP contribution in [0.15, 0.2) is 45.3 Å². The Balaban J connectivity index is 1.75. The first-order chi connectivity index (χ1) is 13.0. The number of halogens is 2. The Morgan fingerprint density at radius 1 is 1.15 bits per heavy atom. The van der Waals surface area contributed by atoms with E-state index in [1.54, 1.807) is 41.3 Å². The molecule has 1 fully saturated rings. The first kappa shape index (κ1) is 18.7. The second kappa shape index (κ2) is 7.42. The quantitative estimate of drug-likeness (QED) is 0.501. The average Bonchev–Trinajstić information content (AvgIpc) is 3.25. The number of anilines is 1. The van der Waals surface area contributed by atoms with Crippen molar-refractivity contribution in [2.75, 3.05) is 10.7 Å². The molecule has 0 bridgehead atoms. The van der Waals surface area contributed by atoms with E-state index in [-0.39, 0.29) is 23.2 Å². The van der Waals surface area contributed by atoms with Crippen LogP contribution in [0.3, 0.4) is 0 Å². The number of aromatic hydroxyl groups is 2. The van der Waals surface area contributed by atoms with Crippen LogP contribution in [0.4, 0.5) is 5.13 Å². The molecule has 0 radical (unpaired) electrons. The number of amides is 1. The third-order valence-electron chi connectivity index (χ3n) is 3.95. The van der Waals surface area contributed by atoms with Crippen LogP contribution in [-0.4, -0.2) is 32.1 Å². The molecule has 6 nitrogen and oxygen atoms in total. The summed E-state index contributed by atoms with van der Waals surface area (Å²) in [4.78, 5) is 14.1. The number of rotatable bonds is 3. The van der Waals surface area contributed by atoms with Crippen molar-refractivity contribution in [3.8, 4) is 22.1 Å². The monoisotopic (exact) mass is 527 g/mol. The zero-order valence-corrected chi connectivity index (χ0v) is 18.3. The van der Waals surface area contributed by atoms with Gasteiger partial charge >= 0.3 is 0 Å². The Kier molecular flexibility index (Phi) is 5.15. The first-order valence-corrected chi connectivity index (χ1v) is 11.1. The van der Waals surface area contributed by atoms with E-state index in [2.05, 4.69) is 42.1 Å². The Hall–Kier alpha value is -1.62. The number of carbonyl (C=O) groups is 1. The zero-order valence-electron chi connectivity index (χ0n) is 13.5. The summed E-state index contributed by atoms with van der Waals surface area (Å²) in [7, 11) is 0. The number of para-hydroxylation sites is 1. The number of phenolic OH excluding ortho intramolecular Hbond substituents is 2. The summed E-state index contributed by atoms with van der Waals surface area (Å²) in [6, 6.07) is 10.4. The predicted molar refractivity (Wildman–Crippen MR) is 113 cm³/mol. The first-order valence-electron chi connectivity index (χ1n) is 7.69. The number of benzene rings is 2. The highest BCUT2D eigenvalue weighted by Gasteiger charge is 2.38. The largest absolute Gasteiger partial charge is 0.507 e. The maximum atomic E-state index is 12.5. The second-order valence-electron chi connectivity index (χ2n) is 5.66. The normalized spacial score (nSPS) is 16.9. The van der Waals surface area contributed by atoms with Crippen LogP contribution in [0.5, 0.6) is 11.5 Å². The molecule has 2 N–H and O–H groups in total. The van der Waals surface area contributed by atoms with Crippen molar-refractivity contribution in [3.63, 3.8) is 0 Å². The number of phenols is 2. The van der Waals surface area contributed by atoms with Gasteiger partial charge in [0, 0.05) is 10.0 Å². The minimum absolute atomic E-state index is 0.0841. The average molecular weight is 529 g/mol. The summed E-state index contributed by atoms with van der Waals surface area (Å²) in [5.41, 5.74) is 1.16. The second-order valence-corrected chi connectivity index (χ2v) is 9.45. The molecule has 0 spiro atoms. The van der Waals surface area contributed by atoms with E-state index in [4.69, 9.17) is 0 Å². The molecule has 0 saturated carbocycles. The highest BCUT2D eigenvalue weighted by Crippen LogP contribution is 2.48. The van der Waals surface area contributed by atoms with Gasteiger partial charge in [-0.1, -0.05) is 39.4 Å².